The Kier molecular flexibility index (Phi) is 3.34. The average Bonchev–Trinajstić information content (AvgIpc) is 2.90. The van der Waals surface area contributed by atoms with Crippen LogP contribution in [0, 0.1) is 0 Å². The zero-order chi connectivity index (χ0) is 13.2. The highest BCUT2D eigenvalue weighted by atomic mass is 14.8. The molecule has 2 nitrogen and oxygen atoms in total. The van der Waals surface area contributed by atoms with E-state index in [2.05, 4.69) is 42.2 Å². The van der Waals surface area contributed by atoms with E-state index < -0.39 is 0 Å². The summed E-state index contributed by atoms with van der Waals surface area (Å²) in [6.45, 7) is 2.19. The monoisotopic (exact) mass is 252 g/mol. The average molecular weight is 252 g/mol. The molecule has 1 aliphatic carbocycles. The molecule has 0 amide bonds. The minimum atomic E-state index is 0.0623. The quantitative estimate of drug-likeness (QED) is 0.909. The van der Waals surface area contributed by atoms with Crippen molar-refractivity contribution in [3.63, 3.8) is 0 Å². The lowest BCUT2D eigenvalue weighted by molar-refractivity contribution is 0.538. The van der Waals surface area contributed by atoms with Gasteiger partial charge in [0, 0.05) is 23.9 Å². The minimum absolute atomic E-state index is 0.0623. The maximum absolute atomic E-state index is 6.55. The van der Waals surface area contributed by atoms with E-state index in [0.717, 1.165) is 19.3 Å². The first-order chi connectivity index (χ1) is 9.31. The van der Waals surface area contributed by atoms with Crippen LogP contribution in [-0.4, -0.2) is 4.98 Å². The SMILES string of the molecule is CCc1ccccc1C(N)C1CCc2cccnc21. The number of aryl methyl sites for hydroxylation is 2. The number of pyridine rings is 1. The first kappa shape index (κ1) is 12.4. The molecule has 0 radical (unpaired) electrons. The summed E-state index contributed by atoms with van der Waals surface area (Å²) < 4.78 is 0. The van der Waals surface area contributed by atoms with Crippen LogP contribution in [0.15, 0.2) is 42.6 Å². The van der Waals surface area contributed by atoms with Crippen LogP contribution < -0.4 is 5.73 Å². The number of fused-ring (bicyclic) bond motifs is 1. The summed E-state index contributed by atoms with van der Waals surface area (Å²) in [5, 5.41) is 0. The number of nitrogens with two attached hydrogens (primary N) is 1. The highest BCUT2D eigenvalue weighted by Gasteiger charge is 2.30. The lowest BCUT2D eigenvalue weighted by Gasteiger charge is -2.22. The van der Waals surface area contributed by atoms with Crippen LogP contribution in [0.2, 0.25) is 0 Å². The van der Waals surface area contributed by atoms with E-state index in [1.54, 1.807) is 0 Å². The van der Waals surface area contributed by atoms with Gasteiger partial charge < -0.3 is 5.73 Å². The Morgan fingerprint density at radius 3 is 2.95 bits per heavy atom. The van der Waals surface area contributed by atoms with Crippen LogP contribution in [0.5, 0.6) is 0 Å². The molecule has 0 bridgehead atoms. The summed E-state index contributed by atoms with van der Waals surface area (Å²) in [7, 11) is 0. The lowest BCUT2D eigenvalue weighted by atomic mass is 9.88. The van der Waals surface area contributed by atoms with Gasteiger partial charge >= 0.3 is 0 Å². The molecule has 98 valence electrons. The van der Waals surface area contributed by atoms with Gasteiger partial charge in [-0.1, -0.05) is 37.3 Å². The van der Waals surface area contributed by atoms with Gasteiger partial charge in [-0.25, -0.2) is 0 Å². The Labute approximate surface area is 114 Å². The normalized spacial score (nSPS) is 19.2. The van der Waals surface area contributed by atoms with Gasteiger partial charge in [0.1, 0.15) is 0 Å². The van der Waals surface area contributed by atoms with E-state index in [0.29, 0.717) is 5.92 Å². The molecule has 1 aromatic heterocycles. The standard InChI is InChI=1S/C17H20N2/c1-2-12-6-3-4-8-14(12)16(18)15-10-9-13-7-5-11-19-17(13)15/h3-8,11,15-16H,2,9-10,18H2,1H3. The molecule has 0 aliphatic heterocycles. The fraction of sp³-hybridized carbons (Fsp3) is 0.353. The number of nitrogens with zero attached hydrogens (tertiary/aromatic N) is 1. The number of hydrogen-bond acceptors (Lipinski definition) is 2. The van der Waals surface area contributed by atoms with Crippen molar-refractivity contribution < 1.29 is 0 Å². The molecule has 0 spiro atoms. The van der Waals surface area contributed by atoms with Crippen LogP contribution in [0.1, 0.15) is 47.7 Å². The highest BCUT2D eigenvalue weighted by molar-refractivity contribution is 5.36. The second-order valence-corrected chi connectivity index (χ2v) is 5.27. The molecule has 2 unspecified atom stereocenters. The van der Waals surface area contributed by atoms with E-state index in [4.69, 9.17) is 5.73 Å². The van der Waals surface area contributed by atoms with E-state index >= 15 is 0 Å². The van der Waals surface area contributed by atoms with Gasteiger partial charge in [-0.15, -0.1) is 0 Å². The highest BCUT2D eigenvalue weighted by Crippen LogP contribution is 2.39. The molecule has 2 aromatic rings. The van der Waals surface area contributed by atoms with Gasteiger partial charge in [0.05, 0.1) is 0 Å². The molecule has 2 N–H and O–H groups in total. The maximum Gasteiger partial charge on any atom is 0.0485 e. The predicted octanol–water partition coefficient (Wildman–Crippen LogP) is 3.37. The second-order valence-electron chi connectivity index (χ2n) is 5.27. The number of hydrogen-bond donors (Lipinski definition) is 1. The molecular formula is C17H20N2. The molecule has 0 saturated heterocycles. The van der Waals surface area contributed by atoms with Crippen LogP contribution in [0.25, 0.3) is 0 Å². The molecule has 3 rings (SSSR count). The Bertz CT molecular complexity index is 577. The van der Waals surface area contributed by atoms with Crippen molar-refractivity contribution in [3.05, 3.63) is 65.0 Å². The second kappa shape index (κ2) is 5.14. The van der Waals surface area contributed by atoms with Crippen molar-refractivity contribution in [1.29, 1.82) is 0 Å². The number of benzene rings is 1. The first-order valence-corrected chi connectivity index (χ1v) is 7.08. The van der Waals surface area contributed by atoms with Gasteiger partial charge in [-0.3, -0.25) is 4.98 Å². The van der Waals surface area contributed by atoms with Crippen molar-refractivity contribution in [1.82, 2.24) is 4.98 Å². The van der Waals surface area contributed by atoms with Crippen molar-refractivity contribution in [3.8, 4) is 0 Å². The number of aromatic nitrogens is 1. The summed E-state index contributed by atoms with van der Waals surface area (Å²) >= 11 is 0. The summed E-state index contributed by atoms with van der Waals surface area (Å²) in [6, 6.07) is 12.8. The molecule has 1 aromatic carbocycles. The Hall–Kier alpha value is -1.67. The Balaban J connectivity index is 1.95. The van der Waals surface area contributed by atoms with E-state index in [-0.39, 0.29) is 6.04 Å². The number of rotatable bonds is 3. The van der Waals surface area contributed by atoms with E-state index in [9.17, 15) is 0 Å². The summed E-state index contributed by atoms with van der Waals surface area (Å²) in [5.41, 5.74) is 11.8. The third-order valence-corrected chi connectivity index (χ3v) is 4.23. The maximum atomic E-state index is 6.55. The summed E-state index contributed by atoms with van der Waals surface area (Å²) in [6.07, 6.45) is 5.14. The van der Waals surface area contributed by atoms with Crippen molar-refractivity contribution in [2.45, 2.75) is 38.1 Å². The van der Waals surface area contributed by atoms with E-state index in [1.807, 2.05) is 12.3 Å². The Morgan fingerprint density at radius 2 is 2.11 bits per heavy atom. The van der Waals surface area contributed by atoms with Gasteiger partial charge in [0.2, 0.25) is 0 Å². The van der Waals surface area contributed by atoms with Gasteiger partial charge in [-0.05, 0) is 42.0 Å². The zero-order valence-electron chi connectivity index (χ0n) is 11.3. The minimum Gasteiger partial charge on any atom is -0.323 e. The van der Waals surface area contributed by atoms with Crippen molar-refractivity contribution in [2.24, 2.45) is 5.73 Å². The van der Waals surface area contributed by atoms with Crippen molar-refractivity contribution >= 4 is 0 Å². The van der Waals surface area contributed by atoms with Crippen LogP contribution in [-0.2, 0) is 12.8 Å². The van der Waals surface area contributed by atoms with Gasteiger partial charge in [0.15, 0.2) is 0 Å². The van der Waals surface area contributed by atoms with Gasteiger partial charge in [-0.2, -0.15) is 0 Å². The smallest absolute Gasteiger partial charge is 0.0485 e. The fourth-order valence-electron chi connectivity index (χ4n) is 3.19. The molecule has 2 heteroatoms. The third-order valence-electron chi connectivity index (χ3n) is 4.23. The molecule has 0 fully saturated rings. The van der Waals surface area contributed by atoms with Crippen LogP contribution in [0.3, 0.4) is 0 Å². The third kappa shape index (κ3) is 2.17. The predicted molar refractivity (Wildman–Crippen MR) is 78.0 cm³/mol. The molecular weight excluding hydrogens is 232 g/mol. The molecule has 2 atom stereocenters. The largest absolute Gasteiger partial charge is 0.323 e. The zero-order valence-corrected chi connectivity index (χ0v) is 11.3. The van der Waals surface area contributed by atoms with E-state index in [1.165, 1.54) is 22.4 Å². The fourth-order valence-corrected chi connectivity index (χ4v) is 3.19. The first-order valence-electron chi connectivity index (χ1n) is 7.08. The van der Waals surface area contributed by atoms with Crippen molar-refractivity contribution in [2.75, 3.05) is 0 Å². The molecule has 0 saturated carbocycles. The Morgan fingerprint density at radius 1 is 1.26 bits per heavy atom. The molecule has 19 heavy (non-hydrogen) atoms. The van der Waals surface area contributed by atoms with Crippen LogP contribution in [0.4, 0.5) is 0 Å². The molecule has 1 aliphatic rings. The van der Waals surface area contributed by atoms with Crippen LogP contribution >= 0.6 is 0 Å². The lowest BCUT2D eigenvalue weighted by Crippen LogP contribution is -2.20. The topological polar surface area (TPSA) is 38.9 Å². The molecule has 1 heterocycles. The summed E-state index contributed by atoms with van der Waals surface area (Å²) in [4.78, 5) is 4.56. The van der Waals surface area contributed by atoms with Gasteiger partial charge in [0.25, 0.3) is 0 Å². The summed E-state index contributed by atoms with van der Waals surface area (Å²) in [5.74, 6) is 0.365.